The highest BCUT2D eigenvalue weighted by Gasteiger charge is 2.45. The molecule has 1 aliphatic carbocycles. The summed E-state index contributed by atoms with van der Waals surface area (Å²) in [4.78, 5) is 12.5. The predicted molar refractivity (Wildman–Crippen MR) is 82.2 cm³/mol. The maximum Gasteiger partial charge on any atom is 0.223 e. The van der Waals surface area contributed by atoms with Gasteiger partial charge in [0.15, 0.2) is 0 Å². The molecule has 4 heteroatoms. The molecule has 3 atom stereocenters. The van der Waals surface area contributed by atoms with Crippen molar-refractivity contribution in [1.82, 2.24) is 5.32 Å². The van der Waals surface area contributed by atoms with E-state index < -0.39 is 5.60 Å². The largest absolute Gasteiger partial charge is 0.388 e. The average Bonchev–Trinajstić information content (AvgIpc) is 2.42. The first kappa shape index (κ1) is 17.4. The lowest BCUT2D eigenvalue weighted by Crippen LogP contribution is -2.53. The first-order chi connectivity index (χ1) is 9.18. The van der Waals surface area contributed by atoms with Gasteiger partial charge in [0.1, 0.15) is 0 Å². The fourth-order valence-corrected chi connectivity index (χ4v) is 3.19. The van der Waals surface area contributed by atoms with E-state index in [9.17, 15) is 9.90 Å². The third kappa shape index (κ3) is 3.53. The molecule has 1 fully saturated rings. The lowest BCUT2D eigenvalue weighted by atomic mass is 9.61. The molecule has 1 aliphatic rings. The zero-order chi connectivity index (χ0) is 15.6. The molecule has 1 rings (SSSR count). The van der Waals surface area contributed by atoms with Gasteiger partial charge >= 0.3 is 0 Å². The topological polar surface area (TPSA) is 75.3 Å². The van der Waals surface area contributed by atoms with Crippen molar-refractivity contribution in [3.63, 3.8) is 0 Å². The van der Waals surface area contributed by atoms with Gasteiger partial charge in [0.2, 0.25) is 5.91 Å². The first-order valence-electron chi connectivity index (χ1n) is 7.93. The van der Waals surface area contributed by atoms with Crippen LogP contribution < -0.4 is 11.1 Å². The van der Waals surface area contributed by atoms with E-state index in [2.05, 4.69) is 26.1 Å². The fourth-order valence-electron chi connectivity index (χ4n) is 3.19. The highest BCUT2D eigenvalue weighted by atomic mass is 16.3. The molecule has 20 heavy (non-hydrogen) atoms. The third-order valence-electron chi connectivity index (χ3n) is 5.73. The Morgan fingerprint density at radius 2 is 1.90 bits per heavy atom. The van der Waals surface area contributed by atoms with Gasteiger partial charge in [0.25, 0.3) is 0 Å². The van der Waals surface area contributed by atoms with Crippen LogP contribution in [0.5, 0.6) is 0 Å². The van der Waals surface area contributed by atoms with Crippen LogP contribution in [0.4, 0.5) is 0 Å². The Bertz CT molecular complexity index is 337. The van der Waals surface area contributed by atoms with E-state index >= 15 is 0 Å². The molecule has 0 spiro atoms. The van der Waals surface area contributed by atoms with Gasteiger partial charge in [-0.1, -0.05) is 34.6 Å². The van der Waals surface area contributed by atoms with Crippen LogP contribution in [0.2, 0.25) is 0 Å². The standard InChI is InChI=1S/C16H32N2O2/c1-6-16(20,7-2)10-18-14(19)12-8-9-13(17)11(3)15(12,4)5/h11-13,20H,6-10,17H2,1-5H3,(H,18,19). The number of nitrogens with two attached hydrogens (primary N) is 1. The second-order valence-electron chi connectivity index (χ2n) is 7.05. The normalized spacial score (nSPS) is 30.1. The highest BCUT2D eigenvalue weighted by molar-refractivity contribution is 5.79. The van der Waals surface area contributed by atoms with Crippen molar-refractivity contribution in [2.75, 3.05) is 6.54 Å². The Morgan fingerprint density at radius 1 is 1.35 bits per heavy atom. The Balaban J connectivity index is 2.68. The van der Waals surface area contributed by atoms with Crippen LogP contribution in [0.15, 0.2) is 0 Å². The van der Waals surface area contributed by atoms with Crippen molar-refractivity contribution in [3.05, 3.63) is 0 Å². The highest BCUT2D eigenvalue weighted by Crippen LogP contribution is 2.44. The van der Waals surface area contributed by atoms with Crippen LogP contribution in [-0.2, 0) is 4.79 Å². The third-order valence-corrected chi connectivity index (χ3v) is 5.73. The molecule has 0 aliphatic heterocycles. The second-order valence-corrected chi connectivity index (χ2v) is 7.05. The van der Waals surface area contributed by atoms with Gasteiger partial charge in [-0.15, -0.1) is 0 Å². The van der Waals surface area contributed by atoms with Crippen molar-refractivity contribution in [1.29, 1.82) is 0 Å². The molecule has 0 radical (unpaired) electrons. The van der Waals surface area contributed by atoms with Crippen LogP contribution in [0.3, 0.4) is 0 Å². The molecule has 1 amide bonds. The summed E-state index contributed by atoms with van der Waals surface area (Å²) in [6.45, 7) is 10.6. The number of hydrogen-bond acceptors (Lipinski definition) is 3. The van der Waals surface area contributed by atoms with Crippen molar-refractivity contribution in [2.45, 2.75) is 71.9 Å². The van der Waals surface area contributed by atoms with E-state index in [0.29, 0.717) is 25.3 Å². The zero-order valence-electron chi connectivity index (χ0n) is 13.7. The predicted octanol–water partition coefficient (Wildman–Crippen LogP) is 2.05. The Labute approximate surface area is 123 Å². The molecule has 0 saturated heterocycles. The molecule has 1 saturated carbocycles. The zero-order valence-corrected chi connectivity index (χ0v) is 13.7. The minimum atomic E-state index is -0.781. The van der Waals surface area contributed by atoms with Gasteiger partial charge in [-0.3, -0.25) is 4.79 Å². The molecule has 3 unspecified atom stereocenters. The Morgan fingerprint density at radius 3 is 2.40 bits per heavy atom. The first-order valence-corrected chi connectivity index (χ1v) is 7.93. The summed E-state index contributed by atoms with van der Waals surface area (Å²) >= 11 is 0. The van der Waals surface area contributed by atoms with Crippen LogP contribution in [0, 0.1) is 17.3 Å². The van der Waals surface area contributed by atoms with Crippen molar-refractivity contribution in [3.8, 4) is 0 Å². The summed E-state index contributed by atoms with van der Waals surface area (Å²) < 4.78 is 0. The lowest BCUT2D eigenvalue weighted by Gasteiger charge is -2.46. The van der Waals surface area contributed by atoms with E-state index in [1.165, 1.54) is 0 Å². The van der Waals surface area contributed by atoms with Gasteiger partial charge in [0, 0.05) is 18.5 Å². The molecule has 118 valence electrons. The van der Waals surface area contributed by atoms with Crippen LogP contribution in [0.25, 0.3) is 0 Å². The monoisotopic (exact) mass is 284 g/mol. The van der Waals surface area contributed by atoms with Gasteiger partial charge in [-0.25, -0.2) is 0 Å². The van der Waals surface area contributed by atoms with Crippen LogP contribution in [0.1, 0.15) is 60.3 Å². The number of carbonyl (C=O) groups is 1. The number of nitrogens with one attached hydrogen (secondary N) is 1. The summed E-state index contributed by atoms with van der Waals surface area (Å²) in [7, 11) is 0. The van der Waals surface area contributed by atoms with E-state index in [4.69, 9.17) is 5.73 Å². The summed E-state index contributed by atoms with van der Waals surface area (Å²) in [6.07, 6.45) is 3.04. The van der Waals surface area contributed by atoms with Gasteiger partial charge in [-0.05, 0) is 37.0 Å². The Kier molecular flexibility index (Phi) is 5.61. The van der Waals surface area contributed by atoms with Crippen LogP contribution >= 0.6 is 0 Å². The quantitative estimate of drug-likeness (QED) is 0.723. The van der Waals surface area contributed by atoms with Crippen molar-refractivity contribution < 1.29 is 9.90 Å². The number of aliphatic hydroxyl groups is 1. The van der Waals surface area contributed by atoms with E-state index in [0.717, 1.165) is 12.8 Å². The lowest BCUT2D eigenvalue weighted by molar-refractivity contribution is -0.133. The minimum absolute atomic E-state index is 0.0183. The van der Waals surface area contributed by atoms with E-state index in [1.807, 2.05) is 13.8 Å². The summed E-state index contributed by atoms with van der Waals surface area (Å²) in [5.74, 6) is 0.368. The average molecular weight is 284 g/mol. The molecular formula is C16H32N2O2. The number of hydrogen-bond donors (Lipinski definition) is 3. The maximum atomic E-state index is 12.5. The Hall–Kier alpha value is -0.610. The maximum absolute atomic E-state index is 12.5. The van der Waals surface area contributed by atoms with Crippen molar-refractivity contribution in [2.24, 2.45) is 23.0 Å². The molecule has 4 nitrogen and oxygen atoms in total. The number of rotatable bonds is 5. The SMILES string of the molecule is CCC(O)(CC)CNC(=O)C1CCC(N)C(C)C1(C)C. The molecule has 0 bridgehead atoms. The number of amides is 1. The van der Waals surface area contributed by atoms with Gasteiger partial charge in [0.05, 0.1) is 5.60 Å². The van der Waals surface area contributed by atoms with Crippen LogP contribution in [-0.4, -0.2) is 29.2 Å². The minimum Gasteiger partial charge on any atom is -0.388 e. The second kappa shape index (κ2) is 6.44. The van der Waals surface area contributed by atoms with E-state index in [1.54, 1.807) is 0 Å². The summed E-state index contributed by atoms with van der Waals surface area (Å²) in [5.41, 5.74) is 5.25. The van der Waals surface area contributed by atoms with Gasteiger partial charge < -0.3 is 16.2 Å². The molecule has 4 N–H and O–H groups in total. The molecular weight excluding hydrogens is 252 g/mol. The summed E-state index contributed by atoms with van der Waals surface area (Å²) in [5, 5.41) is 13.2. The fraction of sp³-hybridized carbons (Fsp3) is 0.938. The van der Waals surface area contributed by atoms with E-state index in [-0.39, 0.29) is 23.3 Å². The molecule has 0 heterocycles. The molecule has 0 aromatic rings. The molecule has 0 aromatic carbocycles. The number of carbonyl (C=O) groups excluding carboxylic acids is 1. The smallest absolute Gasteiger partial charge is 0.223 e. The summed E-state index contributed by atoms with van der Waals surface area (Å²) in [6, 6.07) is 0.178. The molecule has 0 aromatic heterocycles. The van der Waals surface area contributed by atoms with Crippen molar-refractivity contribution >= 4 is 5.91 Å². The van der Waals surface area contributed by atoms with Gasteiger partial charge in [-0.2, -0.15) is 0 Å².